The van der Waals surface area contributed by atoms with Gasteiger partial charge in [0.1, 0.15) is 11.9 Å². The van der Waals surface area contributed by atoms with E-state index in [1.807, 2.05) is 25.1 Å². The first-order valence-corrected chi connectivity index (χ1v) is 7.10. The number of ether oxygens (including phenoxy) is 1. The Kier molecular flexibility index (Phi) is 6.51. The van der Waals surface area contributed by atoms with Gasteiger partial charge in [-0.25, -0.2) is 0 Å². The van der Waals surface area contributed by atoms with E-state index in [9.17, 15) is 0 Å². The van der Waals surface area contributed by atoms with Crippen LogP contribution in [0, 0.1) is 6.92 Å². The summed E-state index contributed by atoms with van der Waals surface area (Å²) in [5, 5.41) is 4.19. The summed E-state index contributed by atoms with van der Waals surface area (Å²) in [6.45, 7) is 9.32. The Morgan fingerprint density at radius 1 is 1.28 bits per heavy atom. The second-order valence-corrected chi connectivity index (χ2v) is 5.19. The largest absolute Gasteiger partial charge is 0.488 e. The third-order valence-electron chi connectivity index (χ3n) is 3.10. The van der Waals surface area contributed by atoms with Crippen LogP contribution in [0.3, 0.4) is 0 Å². The minimum Gasteiger partial charge on any atom is -0.488 e. The van der Waals surface area contributed by atoms with Crippen molar-refractivity contribution < 1.29 is 4.74 Å². The minimum atomic E-state index is 0.116. The zero-order valence-corrected chi connectivity index (χ0v) is 12.6. The van der Waals surface area contributed by atoms with Gasteiger partial charge in [0.05, 0.1) is 5.02 Å². The molecule has 0 amide bonds. The molecule has 0 spiro atoms. The summed E-state index contributed by atoms with van der Waals surface area (Å²) < 4.78 is 5.85. The van der Waals surface area contributed by atoms with Gasteiger partial charge in [0.25, 0.3) is 0 Å². The van der Waals surface area contributed by atoms with Crippen LogP contribution in [0.2, 0.25) is 5.02 Å². The van der Waals surface area contributed by atoms with Crippen LogP contribution < -0.4 is 10.1 Å². The predicted molar refractivity (Wildman–Crippen MR) is 78.7 cm³/mol. The molecule has 3 heteroatoms. The van der Waals surface area contributed by atoms with Gasteiger partial charge in [0.2, 0.25) is 0 Å². The van der Waals surface area contributed by atoms with E-state index in [-0.39, 0.29) is 6.10 Å². The molecule has 1 N–H and O–H groups in total. The van der Waals surface area contributed by atoms with Crippen molar-refractivity contribution in [2.75, 3.05) is 6.54 Å². The monoisotopic (exact) mass is 269 g/mol. The number of aryl methyl sites for hydroxylation is 1. The van der Waals surface area contributed by atoms with Crippen LogP contribution >= 0.6 is 11.6 Å². The molecule has 102 valence electrons. The van der Waals surface area contributed by atoms with Gasteiger partial charge in [-0.15, -0.1) is 0 Å². The Balaban J connectivity index is 2.46. The third kappa shape index (κ3) is 4.87. The van der Waals surface area contributed by atoms with Crippen LogP contribution in [0.15, 0.2) is 18.2 Å². The average molecular weight is 270 g/mol. The van der Waals surface area contributed by atoms with Crippen LogP contribution in [0.4, 0.5) is 0 Å². The molecular weight excluding hydrogens is 246 g/mol. The molecule has 0 aliphatic rings. The zero-order chi connectivity index (χ0) is 13.5. The van der Waals surface area contributed by atoms with Crippen molar-refractivity contribution in [3.63, 3.8) is 0 Å². The first kappa shape index (κ1) is 15.3. The second-order valence-electron chi connectivity index (χ2n) is 4.78. The fourth-order valence-corrected chi connectivity index (χ4v) is 2.15. The molecular formula is C15H24ClNO. The molecule has 18 heavy (non-hydrogen) atoms. The van der Waals surface area contributed by atoms with Crippen LogP contribution in [-0.2, 0) is 0 Å². The Morgan fingerprint density at radius 3 is 2.50 bits per heavy atom. The summed E-state index contributed by atoms with van der Waals surface area (Å²) in [6.07, 6.45) is 2.41. The van der Waals surface area contributed by atoms with Crippen molar-refractivity contribution in [2.24, 2.45) is 0 Å². The lowest BCUT2D eigenvalue weighted by Gasteiger charge is -2.20. The second kappa shape index (κ2) is 7.65. The molecule has 0 aliphatic heterocycles. The van der Waals surface area contributed by atoms with E-state index in [0.29, 0.717) is 11.1 Å². The fraction of sp³-hybridized carbons (Fsp3) is 0.600. The number of hydrogen-bond acceptors (Lipinski definition) is 2. The number of rotatable bonds is 7. The third-order valence-corrected chi connectivity index (χ3v) is 3.39. The number of benzene rings is 1. The Hall–Kier alpha value is -0.730. The van der Waals surface area contributed by atoms with E-state index < -0.39 is 0 Å². The Labute approximate surface area is 116 Å². The molecule has 0 fully saturated rings. The maximum absolute atomic E-state index is 6.15. The quantitative estimate of drug-likeness (QED) is 0.801. The van der Waals surface area contributed by atoms with Crippen LogP contribution in [0.5, 0.6) is 5.75 Å². The highest BCUT2D eigenvalue weighted by molar-refractivity contribution is 6.32. The van der Waals surface area contributed by atoms with Crippen LogP contribution in [-0.4, -0.2) is 18.7 Å². The molecule has 0 aliphatic carbocycles. The molecule has 1 aromatic rings. The van der Waals surface area contributed by atoms with Crippen LogP contribution in [0.1, 0.15) is 39.2 Å². The molecule has 0 saturated heterocycles. The lowest BCUT2D eigenvalue weighted by molar-refractivity contribution is 0.210. The lowest BCUT2D eigenvalue weighted by atomic mass is 10.1. The maximum atomic E-state index is 6.15. The van der Waals surface area contributed by atoms with E-state index >= 15 is 0 Å². The van der Waals surface area contributed by atoms with Gasteiger partial charge in [-0.3, -0.25) is 0 Å². The van der Waals surface area contributed by atoms with Crippen LogP contribution in [0.25, 0.3) is 0 Å². The average Bonchev–Trinajstić information content (AvgIpc) is 2.34. The zero-order valence-electron chi connectivity index (χ0n) is 11.8. The van der Waals surface area contributed by atoms with E-state index in [2.05, 4.69) is 26.1 Å². The molecule has 1 aromatic carbocycles. The van der Waals surface area contributed by atoms with Crippen molar-refractivity contribution >= 4 is 11.6 Å². The number of halogens is 1. The summed E-state index contributed by atoms with van der Waals surface area (Å²) >= 11 is 6.15. The van der Waals surface area contributed by atoms with Crippen molar-refractivity contribution in [1.82, 2.24) is 5.32 Å². The topological polar surface area (TPSA) is 21.3 Å². The summed E-state index contributed by atoms with van der Waals surface area (Å²) in [5.74, 6) is 0.765. The summed E-state index contributed by atoms with van der Waals surface area (Å²) in [4.78, 5) is 0. The molecule has 0 heterocycles. The standard InChI is InChI=1S/C15H24ClNO/c1-5-13(6-2)17-10-12(4)18-15-8-7-11(3)9-14(15)16/h7-9,12-13,17H,5-6,10H2,1-4H3. The van der Waals surface area contributed by atoms with Crippen molar-refractivity contribution in [2.45, 2.75) is 52.7 Å². The van der Waals surface area contributed by atoms with Gasteiger partial charge >= 0.3 is 0 Å². The highest BCUT2D eigenvalue weighted by Gasteiger charge is 2.09. The van der Waals surface area contributed by atoms with E-state index in [4.69, 9.17) is 16.3 Å². The summed E-state index contributed by atoms with van der Waals surface area (Å²) in [6, 6.07) is 6.45. The van der Waals surface area contributed by atoms with Crippen molar-refractivity contribution in [1.29, 1.82) is 0 Å². The van der Waals surface area contributed by atoms with Crippen molar-refractivity contribution in [3.8, 4) is 5.75 Å². The molecule has 0 aromatic heterocycles. The Morgan fingerprint density at radius 2 is 1.94 bits per heavy atom. The first-order chi connectivity index (χ1) is 8.56. The number of nitrogens with one attached hydrogen (secondary N) is 1. The smallest absolute Gasteiger partial charge is 0.138 e. The fourth-order valence-electron chi connectivity index (χ4n) is 1.87. The molecule has 0 saturated carbocycles. The van der Waals surface area contributed by atoms with E-state index in [0.717, 1.165) is 30.7 Å². The molecule has 2 nitrogen and oxygen atoms in total. The van der Waals surface area contributed by atoms with E-state index in [1.165, 1.54) is 0 Å². The van der Waals surface area contributed by atoms with Gasteiger partial charge in [-0.2, -0.15) is 0 Å². The maximum Gasteiger partial charge on any atom is 0.138 e. The highest BCUT2D eigenvalue weighted by Crippen LogP contribution is 2.25. The Bertz CT molecular complexity index is 364. The molecule has 1 rings (SSSR count). The van der Waals surface area contributed by atoms with Gasteiger partial charge in [-0.05, 0) is 44.4 Å². The minimum absolute atomic E-state index is 0.116. The van der Waals surface area contributed by atoms with Gasteiger partial charge in [0.15, 0.2) is 0 Å². The van der Waals surface area contributed by atoms with Gasteiger partial charge in [0, 0.05) is 12.6 Å². The lowest BCUT2D eigenvalue weighted by Crippen LogP contribution is -2.36. The van der Waals surface area contributed by atoms with Gasteiger partial charge < -0.3 is 10.1 Å². The molecule has 1 atom stereocenters. The summed E-state index contributed by atoms with van der Waals surface area (Å²) in [5.41, 5.74) is 1.15. The molecule has 0 radical (unpaired) electrons. The molecule has 1 unspecified atom stereocenters. The highest BCUT2D eigenvalue weighted by atomic mass is 35.5. The first-order valence-electron chi connectivity index (χ1n) is 6.73. The normalized spacial score (nSPS) is 12.8. The number of hydrogen-bond donors (Lipinski definition) is 1. The summed E-state index contributed by atoms with van der Waals surface area (Å²) in [7, 11) is 0. The van der Waals surface area contributed by atoms with Crippen molar-refractivity contribution in [3.05, 3.63) is 28.8 Å². The van der Waals surface area contributed by atoms with E-state index in [1.54, 1.807) is 0 Å². The van der Waals surface area contributed by atoms with Gasteiger partial charge in [-0.1, -0.05) is 31.5 Å². The predicted octanol–water partition coefficient (Wildman–Crippen LogP) is 4.19. The molecule has 0 bridgehead atoms. The SMILES string of the molecule is CCC(CC)NCC(C)Oc1ccc(C)cc1Cl.